The van der Waals surface area contributed by atoms with Crippen LogP contribution in [0.4, 0.5) is 26.3 Å². The van der Waals surface area contributed by atoms with Crippen molar-refractivity contribution in [1.29, 1.82) is 0 Å². The zero-order chi connectivity index (χ0) is 17.4. The normalized spacial score (nSPS) is 19.6. The number of alkyl halides is 6. The van der Waals surface area contributed by atoms with Gasteiger partial charge in [-0.25, -0.2) is 16.8 Å². The Morgan fingerprint density at radius 2 is 1.14 bits per heavy atom. The van der Waals surface area contributed by atoms with E-state index < -0.39 is 47.6 Å². The van der Waals surface area contributed by atoms with Crippen LogP contribution >= 0.6 is 0 Å². The molecule has 1 rings (SSSR count). The zero-order valence-electron chi connectivity index (χ0n) is 11.1. The van der Waals surface area contributed by atoms with Gasteiger partial charge in [0.25, 0.3) is 19.7 Å². The summed E-state index contributed by atoms with van der Waals surface area (Å²) in [5.41, 5.74) is -12.1. The van der Waals surface area contributed by atoms with E-state index >= 15 is 0 Å². The summed E-state index contributed by atoms with van der Waals surface area (Å²) in [4.78, 5) is 0. The van der Waals surface area contributed by atoms with Crippen LogP contribution in [-0.2, 0) is 19.7 Å². The number of hydrogen-bond donors (Lipinski definition) is 0. The van der Waals surface area contributed by atoms with E-state index in [0.29, 0.717) is 12.8 Å². The van der Waals surface area contributed by atoms with Gasteiger partial charge in [-0.15, -0.1) is 0 Å². The maximum atomic E-state index is 12.5. The molecule has 132 valence electrons. The molecule has 4 nitrogen and oxygen atoms in total. The summed E-state index contributed by atoms with van der Waals surface area (Å²) in [6.07, 6.45) is 0.961. The Kier molecular flexibility index (Phi) is 5.48. The number of rotatable bonds is 4. The molecule has 0 aliphatic heterocycles. The molecule has 0 spiro atoms. The third kappa shape index (κ3) is 3.87. The Balaban J connectivity index is 3.28. The van der Waals surface area contributed by atoms with Crippen molar-refractivity contribution in [3.63, 3.8) is 0 Å². The molecule has 0 heterocycles. The smallest absolute Gasteiger partial charge is 0.218 e. The number of hydrogen-bond acceptors (Lipinski definition) is 4. The van der Waals surface area contributed by atoms with Crippen molar-refractivity contribution in [2.75, 3.05) is 0 Å². The molecule has 1 saturated carbocycles. The molecule has 22 heavy (non-hydrogen) atoms. The first-order chi connectivity index (χ1) is 9.71. The van der Waals surface area contributed by atoms with E-state index in [1.165, 1.54) is 0 Å². The van der Waals surface area contributed by atoms with Crippen molar-refractivity contribution in [2.24, 2.45) is 5.92 Å². The second kappa shape index (κ2) is 6.17. The largest absolute Gasteiger partial charge is 0.498 e. The quantitative estimate of drug-likeness (QED) is 0.707. The van der Waals surface area contributed by atoms with Gasteiger partial charge in [-0.3, -0.25) is 0 Å². The highest BCUT2D eigenvalue weighted by molar-refractivity contribution is 8.09. The lowest BCUT2D eigenvalue weighted by molar-refractivity contribution is -0.0474. The van der Waals surface area contributed by atoms with E-state index in [2.05, 4.69) is 0 Å². The maximum absolute atomic E-state index is 12.5. The molecule has 0 aromatic carbocycles. The van der Waals surface area contributed by atoms with Crippen molar-refractivity contribution < 1.29 is 43.2 Å². The molecule has 0 aromatic rings. The standard InChI is InChI=1S/C10H14F6O4S2/c11-9(12,13)21(17,18)8(22(19,20)10(14,15)16)6-7-4-2-1-3-5-7/h7-8H,1-6H2. The van der Waals surface area contributed by atoms with Gasteiger partial charge in [0.2, 0.25) is 0 Å². The first-order valence-electron chi connectivity index (χ1n) is 6.31. The predicted molar refractivity (Wildman–Crippen MR) is 64.9 cm³/mol. The lowest BCUT2D eigenvalue weighted by Gasteiger charge is -2.27. The van der Waals surface area contributed by atoms with Gasteiger partial charge < -0.3 is 0 Å². The highest BCUT2D eigenvalue weighted by Gasteiger charge is 2.62. The van der Waals surface area contributed by atoms with E-state index in [1.807, 2.05) is 0 Å². The number of sulfone groups is 2. The van der Waals surface area contributed by atoms with E-state index in [1.54, 1.807) is 0 Å². The summed E-state index contributed by atoms with van der Waals surface area (Å²) >= 11 is 0. The average Bonchev–Trinajstić information content (AvgIpc) is 2.34. The molecule has 12 heteroatoms. The van der Waals surface area contributed by atoms with Crippen LogP contribution in [0.2, 0.25) is 0 Å². The monoisotopic (exact) mass is 376 g/mol. The molecule has 0 aromatic heterocycles. The van der Waals surface area contributed by atoms with Crippen molar-refractivity contribution >= 4 is 19.7 Å². The topological polar surface area (TPSA) is 68.3 Å². The van der Waals surface area contributed by atoms with Gasteiger partial charge in [-0.1, -0.05) is 32.1 Å². The molecule has 0 bridgehead atoms. The first kappa shape index (κ1) is 19.5. The van der Waals surface area contributed by atoms with E-state index in [9.17, 15) is 43.2 Å². The van der Waals surface area contributed by atoms with Crippen LogP contribution in [-0.4, -0.2) is 32.4 Å². The molecule has 0 atom stereocenters. The maximum Gasteiger partial charge on any atom is 0.498 e. The third-order valence-corrected chi connectivity index (χ3v) is 8.17. The molecule has 0 amide bonds. The fourth-order valence-electron chi connectivity index (χ4n) is 2.41. The summed E-state index contributed by atoms with van der Waals surface area (Å²) < 4.78 is 117. The molecule has 1 aliphatic carbocycles. The highest BCUT2D eigenvalue weighted by Crippen LogP contribution is 2.40. The van der Waals surface area contributed by atoms with Crippen molar-refractivity contribution in [3.05, 3.63) is 0 Å². The van der Waals surface area contributed by atoms with Gasteiger partial charge in [-0.05, 0) is 12.3 Å². The average molecular weight is 376 g/mol. The Morgan fingerprint density at radius 3 is 1.45 bits per heavy atom. The lowest BCUT2D eigenvalue weighted by atomic mass is 9.87. The van der Waals surface area contributed by atoms with Gasteiger partial charge in [0.15, 0.2) is 4.58 Å². The first-order valence-corrected chi connectivity index (χ1v) is 9.41. The molecule has 0 saturated heterocycles. The minimum atomic E-state index is -6.49. The fourth-order valence-corrected chi connectivity index (χ4v) is 6.05. The van der Waals surface area contributed by atoms with Crippen LogP contribution in [0.3, 0.4) is 0 Å². The summed E-state index contributed by atoms with van der Waals surface area (Å²) in [6.45, 7) is 0. The second-order valence-corrected chi connectivity index (χ2v) is 9.69. The van der Waals surface area contributed by atoms with Gasteiger partial charge in [0.1, 0.15) is 0 Å². The summed E-state index contributed by atoms with van der Waals surface area (Å²) in [7, 11) is -13.0. The second-order valence-electron chi connectivity index (χ2n) is 5.15. The fraction of sp³-hybridized carbons (Fsp3) is 1.00. The van der Waals surface area contributed by atoms with Crippen molar-refractivity contribution in [3.8, 4) is 0 Å². The Labute approximate surface area is 123 Å². The Morgan fingerprint density at radius 1 is 0.773 bits per heavy atom. The molecular weight excluding hydrogens is 362 g/mol. The lowest BCUT2D eigenvalue weighted by Crippen LogP contribution is -2.45. The predicted octanol–water partition coefficient (Wildman–Crippen LogP) is 3.15. The SMILES string of the molecule is O=S(=O)(C(CC1CCCCC1)S(=O)(=O)C(F)(F)F)C(F)(F)F. The van der Waals surface area contributed by atoms with Gasteiger partial charge in [0, 0.05) is 0 Å². The van der Waals surface area contributed by atoms with Crippen LogP contribution in [0.5, 0.6) is 0 Å². The van der Waals surface area contributed by atoms with Gasteiger partial charge >= 0.3 is 11.0 Å². The Bertz CT molecular complexity index is 540. The number of halogens is 6. The molecular formula is C10H14F6O4S2. The molecule has 0 N–H and O–H groups in total. The Hall–Kier alpha value is -0.520. The summed E-state index contributed by atoms with van der Waals surface area (Å²) in [6, 6.07) is 0. The summed E-state index contributed by atoms with van der Waals surface area (Å²) in [5.74, 6) is -0.798. The molecule has 1 aliphatic rings. The molecule has 0 unspecified atom stereocenters. The molecule has 0 radical (unpaired) electrons. The van der Waals surface area contributed by atoms with E-state index in [-0.39, 0.29) is 12.8 Å². The van der Waals surface area contributed by atoms with Gasteiger partial charge in [-0.2, -0.15) is 26.3 Å². The van der Waals surface area contributed by atoms with Crippen molar-refractivity contribution in [2.45, 2.75) is 54.1 Å². The van der Waals surface area contributed by atoms with E-state index in [0.717, 1.165) is 6.42 Å². The zero-order valence-corrected chi connectivity index (χ0v) is 12.7. The minimum absolute atomic E-state index is 0.206. The highest BCUT2D eigenvalue weighted by atomic mass is 32.3. The van der Waals surface area contributed by atoms with Crippen LogP contribution in [0.1, 0.15) is 38.5 Å². The van der Waals surface area contributed by atoms with Crippen LogP contribution in [0.15, 0.2) is 0 Å². The van der Waals surface area contributed by atoms with Crippen LogP contribution < -0.4 is 0 Å². The third-order valence-electron chi connectivity index (χ3n) is 3.59. The van der Waals surface area contributed by atoms with Crippen LogP contribution in [0, 0.1) is 5.92 Å². The van der Waals surface area contributed by atoms with Crippen molar-refractivity contribution in [1.82, 2.24) is 0 Å². The molecule has 1 fully saturated rings. The van der Waals surface area contributed by atoms with Gasteiger partial charge in [0.05, 0.1) is 0 Å². The van der Waals surface area contributed by atoms with Crippen LogP contribution in [0.25, 0.3) is 0 Å². The minimum Gasteiger partial charge on any atom is -0.218 e. The van der Waals surface area contributed by atoms with E-state index in [4.69, 9.17) is 0 Å². The summed E-state index contributed by atoms with van der Waals surface area (Å²) in [5, 5.41) is 0.